The van der Waals surface area contributed by atoms with Gasteiger partial charge in [-0.1, -0.05) is 56.6 Å². The van der Waals surface area contributed by atoms with Gasteiger partial charge in [0.05, 0.1) is 0 Å². The van der Waals surface area contributed by atoms with Crippen molar-refractivity contribution in [2.45, 2.75) is 26.2 Å². The van der Waals surface area contributed by atoms with Crippen LogP contribution in [0, 0.1) is 0 Å². The van der Waals surface area contributed by atoms with E-state index in [1.165, 1.54) is 11.6 Å². The molecule has 1 N–H and O–H groups in total. The van der Waals surface area contributed by atoms with Gasteiger partial charge in [0.2, 0.25) is 0 Å². The minimum atomic E-state index is -0.0260. The summed E-state index contributed by atoms with van der Waals surface area (Å²) in [6.07, 6.45) is 3.17. The number of ketones is 1. The average molecular weight is 314 g/mol. The molecule has 22 heavy (non-hydrogen) atoms. The van der Waals surface area contributed by atoms with E-state index in [4.69, 9.17) is 11.6 Å². The molecule has 0 saturated heterocycles. The SMILES string of the molecule is CC(C)(C)c1ccc(C(=O)/C=C/Nc2ccc(Cl)cc2)cc1. The van der Waals surface area contributed by atoms with Crippen LogP contribution in [-0.4, -0.2) is 5.78 Å². The quantitative estimate of drug-likeness (QED) is 0.601. The third-order valence-electron chi connectivity index (χ3n) is 3.36. The van der Waals surface area contributed by atoms with Gasteiger partial charge in [-0.05, 0) is 35.2 Å². The first-order valence-electron chi connectivity index (χ1n) is 7.20. The Morgan fingerprint density at radius 2 is 1.59 bits per heavy atom. The molecule has 0 aromatic heterocycles. The molecule has 0 radical (unpaired) electrons. The number of allylic oxidation sites excluding steroid dienone is 1. The highest BCUT2D eigenvalue weighted by atomic mass is 35.5. The second-order valence-corrected chi connectivity index (χ2v) is 6.61. The Balaban J connectivity index is 1.99. The number of anilines is 1. The average Bonchev–Trinajstić information content (AvgIpc) is 2.48. The predicted octanol–water partition coefficient (Wildman–Crippen LogP) is 5.45. The van der Waals surface area contributed by atoms with Crippen LogP contribution in [0.4, 0.5) is 5.69 Å². The molecule has 3 heteroatoms. The van der Waals surface area contributed by atoms with Gasteiger partial charge >= 0.3 is 0 Å². The highest BCUT2D eigenvalue weighted by Gasteiger charge is 2.13. The third kappa shape index (κ3) is 4.47. The van der Waals surface area contributed by atoms with E-state index in [-0.39, 0.29) is 11.2 Å². The van der Waals surface area contributed by atoms with Crippen LogP contribution in [-0.2, 0) is 5.41 Å². The molecule has 0 fully saturated rings. The molecule has 2 aromatic carbocycles. The fraction of sp³-hybridized carbons (Fsp3) is 0.211. The van der Waals surface area contributed by atoms with Gasteiger partial charge < -0.3 is 5.32 Å². The summed E-state index contributed by atoms with van der Waals surface area (Å²) in [5.74, 6) is -0.0260. The standard InChI is InChI=1S/C19H20ClNO/c1-19(2,3)15-6-4-14(5-7-15)18(22)12-13-21-17-10-8-16(20)9-11-17/h4-13,21H,1-3H3/b13-12+. The molecule has 2 aromatic rings. The van der Waals surface area contributed by atoms with Gasteiger partial charge in [-0.2, -0.15) is 0 Å². The van der Waals surface area contributed by atoms with E-state index in [2.05, 4.69) is 26.1 Å². The molecule has 0 atom stereocenters. The van der Waals surface area contributed by atoms with Crippen molar-refractivity contribution in [3.8, 4) is 0 Å². The van der Waals surface area contributed by atoms with E-state index < -0.39 is 0 Å². The summed E-state index contributed by atoms with van der Waals surface area (Å²) >= 11 is 5.82. The first kappa shape index (κ1) is 16.3. The van der Waals surface area contributed by atoms with Crippen molar-refractivity contribution in [2.24, 2.45) is 0 Å². The maximum Gasteiger partial charge on any atom is 0.187 e. The summed E-state index contributed by atoms with van der Waals surface area (Å²) in [5.41, 5.74) is 2.87. The zero-order valence-corrected chi connectivity index (χ0v) is 13.8. The smallest absolute Gasteiger partial charge is 0.187 e. The largest absolute Gasteiger partial charge is 0.362 e. The molecule has 0 heterocycles. The number of hydrogen-bond donors (Lipinski definition) is 1. The second kappa shape index (κ2) is 6.80. The van der Waals surface area contributed by atoms with Crippen LogP contribution in [0.2, 0.25) is 5.02 Å². The maximum atomic E-state index is 12.1. The zero-order valence-electron chi connectivity index (χ0n) is 13.1. The fourth-order valence-corrected chi connectivity index (χ4v) is 2.12. The monoisotopic (exact) mass is 313 g/mol. The van der Waals surface area contributed by atoms with Crippen LogP contribution in [0.1, 0.15) is 36.7 Å². The molecule has 0 amide bonds. The van der Waals surface area contributed by atoms with Crippen LogP contribution in [0.15, 0.2) is 60.8 Å². The van der Waals surface area contributed by atoms with Crippen molar-refractivity contribution >= 4 is 23.1 Å². The predicted molar refractivity (Wildman–Crippen MR) is 93.7 cm³/mol. The Kier molecular flexibility index (Phi) is 5.04. The third-order valence-corrected chi connectivity index (χ3v) is 3.62. The number of hydrogen-bond acceptors (Lipinski definition) is 2. The first-order valence-corrected chi connectivity index (χ1v) is 7.57. The molecule has 0 bridgehead atoms. The molecular formula is C19H20ClNO. The molecule has 2 nitrogen and oxygen atoms in total. The highest BCUT2D eigenvalue weighted by Crippen LogP contribution is 2.22. The van der Waals surface area contributed by atoms with Crippen molar-refractivity contribution in [3.05, 3.63) is 77.0 Å². The van der Waals surface area contributed by atoms with Crippen LogP contribution >= 0.6 is 11.6 Å². The Hall–Kier alpha value is -2.06. The Labute approximate surface area is 136 Å². The topological polar surface area (TPSA) is 29.1 Å². The Bertz CT molecular complexity index is 664. The van der Waals surface area contributed by atoms with E-state index in [9.17, 15) is 4.79 Å². The number of benzene rings is 2. The van der Waals surface area contributed by atoms with Gasteiger partial charge in [0.15, 0.2) is 5.78 Å². The molecule has 0 aliphatic rings. The van der Waals surface area contributed by atoms with Crippen LogP contribution in [0.3, 0.4) is 0 Å². The normalized spacial score (nSPS) is 11.6. The van der Waals surface area contributed by atoms with Gasteiger partial charge in [0, 0.05) is 28.5 Å². The molecule has 0 aliphatic heterocycles. The summed E-state index contributed by atoms with van der Waals surface area (Å²) in [5, 5.41) is 3.73. The van der Waals surface area contributed by atoms with Crippen LogP contribution < -0.4 is 5.32 Å². The van der Waals surface area contributed by atoms with Crippen molar-refractivity contribution in [3.63, 3.8) is 0 Å². The molecular weight excluding hydrogens is 294 g/mol. The summed E-state index contributed by atoms with van der Waals surface area (Å²) in [6, 6.07) is 15.1. The summed E-state index contributed by atoms with van der Waals surface area (Å²) in [4.78, 5) is 12.1. The molecule has 114 valence electrons. The van der Waals surface area contributed by atoms with Gasteiger partial charge in [0.1, 0.15) is 0 Å². The molecule has 2 rings (SSSR count). The van der Waals surface area contributed by atoms with Crippen molar-refractivity contribution in [2.75, 3.05) is 5.32 Å². The number of nitrogens with one attached hydrogen (secondary N) is 1. The molecule has 0 saturated carbocycles. The lowest BCUT2D eigenvalue weighted by molar-refractivity contribution is 0.104. The minimum Gasteiger partial charge on any atom is -0.362 e. The van der Waals surface area contributed by atoms with Gasteiger partial charge in [0.25, 0.3) is 0 Å². The molecule has 0 spiro atoms. The number of carbonyl (C=O) groups excluding carboxylic acids is 1. The van der Waals surface area contributed by atoms with E-state index >= 15 is 0 Å². The van der Waals surface area contributed by atoms with E-state index in [1.54, 1.807) is 18.3 Å². The second-order valence-electron chi connectivity index (χ2n) is 6.18. The fourth-order valence-electron chi connectivity index (χ4n) is 1.99. The highest BCUT2D eigenvalue weighted by molar-refractivity contribution is 6.30. The molecule has 0 aliphatic carbocycles. The lowest BCUT2D eigenvalue weighted by Gasteiger charge is -2.18. The summed E-state index contributed by atoms with van der Waals surface area (Å²) in [6.45, 7) is 6.46. The number of halogens is 1. The summed E-state index contributed by atoms with van der Waals surface area (Å²) < 4.78 is 0. The minimum absolute atomic E-state index is 0.0260. The van der Waals surface area contributed by atoms with Crippen LogP contribution in [0.25, 0.3) is 0 Å². The Morgan fingerprint density at radius 3 is 2.14 bits per heavy atom. The van der Waals surface area contributed by atoms with E-state index in [0.717, 1.165) is 5.69 Å². The maximum absolute atomic E-state index is 12.1. The van der Waals surface area contributed by atoms with Gasteiger partial charge in [-0.25, -0.2) is 0 Å². The number of carbonyl (C=O) groups is 1. The van der Waals surface area contributed by atoms with E-state index in [1.807, 2.05) is 36.4 Å². The molecule has 0 unspecified atom stereocenters. The Morgan fingerprint density at radius 1 is 1.00 bits per heavy atom. The van der Waals surface area contributed by atoms with Crippen molar-refractivity contribution < 1.29 is 4.79 Å². The zero-order chi connectivity index (χ0) is 16.2. The van der Waals surface area contributed by atoms with Crippen molar-refractivity contribution in [1.29, 1.82) is 0 Å². The lowest BCUT2D eigenvalue weighted by atomic mass is 9.86. The number of rotatable bonds is 4. The summed E-state index contributed by atoms with van der Waals surface area (Å²) in [7, 11) is 0. The lowest BCUT2D eigenvalue weighted by Crippen LogP contribution is -2.11. The van der Waals surface area contributed by atoms with E-state index in [0.29, 0.717) is 10.6 Å². The first-order chi connectivity index (χ1) is 10.4. The van der Waals surface area contributed by atoms with Gasteiger partial charge in [-0.15, -0.1) is 0 Å². The van der Waals surface area contributed by atoms with Crippen molar-refractivity contribution in [1.82, 2.24) is 0 Å². The van der Waals surface area contributed by atoms with Crippen LogP contribution in [0.5, 0.6) is 0 Å². The van der Waals surface area contributed by atoms with Gasteiger partial charge in [-0.3, -0.25) is 4.79 Å².